The smallest absolute Gasteiger partial charge is 0.444 e. The van der Waals surface area contributed by atoms with Crippen LogP contribution in [-0.4, -0.2) is 89.9 Å². The van der Waals surface area contributed by atoms with Crippen molar-refractivity contribution < 1.29 is 37.0 Å². The molecular weight excluding hydrogens is 553 g/mol. The molecule has 1 atom stereocenters. The summed E-state index contributed by atoms with van der Waals surface area (Å²) in [5.41, 5.74) is 0.718. The van der Waals surface area contributed by atoms with Crippen LogP contribution in [0, 0.1) is 0 Å². The fourth-order valence-electron chi connectivity index (χ4n) is 5.20. The van der Waals surface area contributed by atoms with Gasteiger partial charge in [0.15, 0.2) is 0 Å². The maximum absolute atomic E-state index is 12.8. The summed E-state index contributed by atoms with van der Waals surface area (Å²) in [5, 5.41) is 0. The first-order valence-corrected chi connectivity index (χ1v) is 14.9. The molecule has 0 aliphatic carbocycles. The highest BCUT2D eigenvalue weighted by Crippen LogP contribution is 2.28. The van der Waals surface area contributed by atoms with Gasteiger partial charge in [0, 0.05) is 37.9 Å². The van der Waals surface area contributed by atoms with Gasteiger partial charge in [-0.3, -0.25) is 14.5 Å². The molecule has 2 aliphatic heterocycles. The van der Waals surface area contributed by atoms with Gasteiger partial charge in [-0.2, -0.15) is 0 Å². The van der Waals surface area contributed by atoms with Crippen LogP contribution >= 0.6 is 0 Å². The van der Waals surface area contributed by atoms with E-state index in [1.54, 1.807) is 30.6 Å². The maximum atomic E-state index is 12.8. The molecule has 1 saturated heterocycles. The van der Waals surface area contributed by atoms with Gasteiger partial charge in [0.05, 0.1) is 6.61 Å². The van der Waals surface area contributed by atoms with Crippen molar-refractivity contribution in [2.45, 2.75) is 110 Å². The van der Waals surface area contributed by atoms with Gasteiger partial charge in [-0.1, -0.05) is 12.5 Å². The number of aryl methyl sites for hydroxylation is 2. The molecular formula is C30H47F3N4O5. The monoisotopic (exact) mass is 600 g/mol. The number of amides is 2. The number of hydrogen-bond acceptors (Lipinski definition) is 7. The molecule has 42 heavy (non-hydrogen) atoms. The largest absolute Gasteiger partial charge is 0.522 e. The zero-order valence-corrected chi connectivity index (χ0v) is 25.9. The van der Waals surface area contributed by atoms with Crippen molar-refractivity contribution in [2.24, 2.45) is 0 Å². The van der Waals surface area contributed by atoms with Crippen molar-refractivity contribution in [1.82, 2.24) is 14.8 Å². The number of nitrogens with zero attached hydrogens (tertiary/aromatic N) is 4. The second-order valence-electron chi connectivity index (χ2n) is 13.0. The highest BCUT2D eigenvalue weighted by Gasteiger charge is 2.34. The molecule has 0 saturated carbocycles. The molecule has 1 aromatic rings. The summed E-state index contributed by atoms with van der Waals surface area (Å²) in [6.07, 6.45) is 0.124. The molecule has 1 fully saturated rings. The Morgan fingerprint density at radius 3 is 2.31 bits per heavy atom. The molecule has 9 nitrogen and oxygen atoms in total. The van der Waals surface area contributed by atoms with Gasteiger partial charge in [0.25, 0.3) is 0 Å². The Bertz CT molecular complexity index is 1050. The van der Waals surface area contributed by atoms with Crippen molar-refractivity contribution in [1.29, 1.82) is 0 Å². The Morgan fingerprint density at radius 1 is 0.952 bits per heavy atom. The summed E-state index contributed by atoms with van der Waals surface area (Å²) in [6.45, 7) is 12.7. The first-order chi connectivity index (χ1) is 19.5. The molecule has 3 heterocycles. The summed E-state index contributed by atoms with van der Waals surface area (Å²) in [4.78, 5) is 35.3. The summed E-state index contributed by atoms with van der Waals surface area (Å²) >= 11 is 0. The third-order valence-electron chi connectivity index (χ3n) is 7.06. The van der Waals surface area contributed by atoms with Gasteiger partial charge in [0.2, 0.25) is 0 Å². The molecule has 2 aliphatic rings. The predicted molar refractivity (Wildman–Crippen MR) is 153 cm³/mol. The van der Waals surface area contributed by atoms with E-state index in [1.165, 1.54) is 0 Å². The van der Waals surface area contributed by atoms with Crippen LogP contribution in [0.25, 0.3) is 0 Å². The number of alkyl halides is 3. The van der Waals surface area contributed by atoms with Gasteiger partial charge in [-0.15, -0.1) is 13.2 Å². The van der Waals surface area contributed by atoms with Crippen LogP contribution in [0.4, 0.5) is 28.6 Å². The minimum Gasteiger partial charge on any atom is -0.444 e. The minimum atomic E-state index is -4.68. The third-order valence-corrected chi connectivity index (χ3v) is 7.06. The summed E-state index contributed by atoms with van der Waals surface area (Å²) in [5.74, 6) is 0.666. The average molecular weight is 601 g/mol. The number of hydrogen-bond donors (Lipinski definition) is 0. The molecule has 238 valence electrons. The molecule has 0 spiro atoms. The highest BCUT2D eigenvalue weighted by atomic mass is 19.4. The number of fused-ring (bicyclic) bond motifs is 1. The number of anilines is 1. The normalized spacial score (nSPS) is 17.9. The first kappa shape index (κ1) is 33.9. The first-order valence-electron chi connectivity index (χ1n) is 14.9. The Morgan fingerprint density at radius 2 is 1.64 bits per heavy atom. The summed E-state index contributed by atoms with van der Waals surface area (Å²) in [6, 6.07) is 3.98. The Hall–Kier alpha value is -2.60. The molecule has 0 N–H and O–H groups in total. The second-order valence-corrected chi connectivity index (χ2v) is 13.0. The number of pyridine rings is 1. The number of aromatic nitrogens is 1. The van der Waals surface area contributed by atoms with Crippen LogP contribution in [0.1, 0.15) is 84.9 Å². The van der Waals surface area contributed by atoms with Gasteiger partial charge in [-0.05, 0) is 98.2 Å². The van der Waals surface area contributed by atoms with Gasteiger partial charge in [-0.25, -0.2) is 14.6 Å². The van der Waals surface area contributed by atoms with E-state index in [9.17, 15) is 22.8 Å². The summed E-state index contributed by atoms with van der Waals surface area (Å²) in [7, 11) is 0. The number of ether oxygens (including phenoxy) is 3. The van der Waals surface area contributed by atoms with E-state index in [1.807, 2.05) is 37.8 Å². The Labute approximate surface area is 247 Å². The lowest BCUT2D eigenvalue weighted by atomic mass is 10.0. The van der Waals surface area contributed by atoms with E-state index in [-0.39, 0.29) is 18.7 Å². The van der Waals surface area contributed by atoms with Gasteiger partial charge < -0.3 is 14.4 Å². The number of rotatable bonds is 10. The van der Waals surface area contributed by atoms with E-state index >= 15 is 0 Å². The fraction of sp³-hybridized carbons (Fsp3) is 0.767. The second kappa shape index (κ2) is 14.2. The Kier molecular flexibility index (Phi) is 11.5. The molecule has 3 rings (SSSR count). The zero-order chi connectivity index (χ0) is 31.1. The van der Waals surface area contributed by atoms with Crippen LogP contribution in [0.5, 0.6) is 0 Å². The Balaban J connectivity index is 1.53. The van der Waals surface area contributed by atoms with Crippen molar-refractivity contribution in [3.8, 4) is 0 Å². The zero-order valence-electron chi connectivity index (χ0n) is 25.9. The van der Waals surface area contributed by atoms with Crippen molar-refractivity contribution in [3.05, 3.63) is 23.4 Å². The van der Waals surface area contributed by atoms with Crippen LogP contribution in [0.2, 0.25) is 0 Å². The maximum Gasteiger partial charge on any atom is 0.522 e. The number of likely N-dealkylation sites (tertiary alicyclic amines) is 1. The average Bonchev–Trinajstić information content (AvgIpc) is 3.35. The lowest BCUT2D eigenvalue weighted by molar-refractivity contribution is -0.325. The van der Waals surface area contributed by atoms with Crippen molar-refractivity contribution in [2.75, 3.05) is 44.2 Å². The van der Waals surface area contributed by atoms with E-state index in [0.717, 1.165) is 49.8 Å². The SMILES string of the molecule is CC(C)(C)OC(=O)N1CC[C@@H](N(CCCCCc2ccc3c(n2)N(C(=O)OC(C)(C)C)CCC3)CCOC(F)(F)F)C1. The van der Waals surface area contributed by atoms with Crippen LogP contribution < -0.4 is 4.90 Å². The van der Waals surface area contributed by atoms with E-state index in [0.29, 0.717) is 38.4 Å². The van der Waals surface area contributed by atoms with E-state index in [2.05, 4.69) is 4.74 Å². The fourth-order valence-corrected chi connectivity index (χ4v) is 5.20. The predicted octanol–water partition coefficient (Wildman–Crippen LogP) is 6.33. The molecule has 2 amide bonds. The van der Waals surface area contributed by atoms with Crippen molar-refractivity contribution in [3.63, 3.8) is 0 Å². The topological polar surface area (TPSA) is 84.4 Å². The molecule has 0 radical (unpaired) electrons. The number of carbonyl (C=O) groups excluding carboxylic acids is 2. The molecule has 0 unspecified atom stereocenters. The van der Waals surface area contributed by atoms with Crippen LogP contribution in [0.15, 0.2) is 12.1 Å². The van der Waals surface area contributed by atoms with Gasteiger partial charge in [0.1, 0.15) is 17.0 Å². The van der Waals surface area contributed by atoms with Gasteiger partial charge >= 0.3 is 18.5 Å². The van der Waals surface area contributed by atoms with E-state index in [4.69, 9.17) is 14.5 Å². The number of unbranched alkanes of at least 4 members (excludes halogenated alkanes) is 2. The summed E-state index contributed by atoms with van der Waals surface area (Å²) < 4.78 is 53.0. The molecule has 12 heteroatoms. The third kappa shape index (κ3) is 11.2. The quantitative estimate of drug-likeness (QED) is 0.290. The highest BCUT2D eigenvalue weighted by molar-refractivity contribution is 5.88. The molecule has 1 aromatic heterocycles. The number of carbonyl (C=O) groups is 2. The molecule has 0 aromatic carbocycles. The van der Waals surface area contributed by atoms with Crippen molar-refractivity contribution >= 4 is 18.0 Å². The molecule has 0 bridgehead atoms. The number of halogens is 3. The standard InChI is InChI=1S/C30H47F3N4O5/c1-28(2,3)41-26(38)36-18-15-24(21-36)35(19-20-40-30(31,32)33)16-9-7-8-12-23-14-13-22-11-10-17-37(25(22)34-23)27(39)42-29(4,5)6/h13-14,24H,7-12,15-21H2,1-6H3/t24-/m1/s1. The van der Waals surface area contributed by atoms with Crippen LogP contribution in [0.3, 0.4) is 0 Å². The van der Waals surface area contributed by atoms with E-state index < -0.39 is 30.3 Å². The van der Waals surface area contributed by atoms with Crippen LogP contribution in [-0.2, 0) is 27.1 Å². The minimum absolute atomic E-state index is 0.0597. The lowest BCUT2D eigenvalue weighted by Crippen LogP contribution is -2.42. The lowest BCUT2D eigenvalue weighted by Gasteiger charge is -2.31.